The Morgan fingerprint density at radius 2 is 2.11 bits per heavy atom. The van der Waals surface area contributed by atoms with Crippen molar-refractivity contribution in [2.24, 2.45) is 29.1 Å². The zero-order valence-corrected chi connectivity index (χ0v) is 12.5. The minimum atomic E-state index is -0.0152. The molecule has 0 bridgehead atoms. The number of hydrogen-bond donors (Lipinski definition) is 0. The van der Waals surface area contributed by atoms with Gasteiger partial charge in [0, 0.05) is 0 Å². The van der Waals surface area contributed by atoms with Crippen LogP contribution in [-0.4, -0.2) is 0 Å². The summed E-state index contributed by atoms with van der Waals surface area (Å²) in [5, 5.41) is 0. The van der Waals surface area contributed by atoms with E-state index in [1.165, 1.54) is 32.1 Å². The van der Waals surface area contributed by atoms with Crippen molar-refractivity contribution in [3.05, 3.63) is 11.9 Å². The summed E-state index contributed by atoms with van der Waals surface area (Å²) in [6.45, 7) is 8.86. The lowest BCUT2D eigenvalue weighted by atomic mass is 9.59. The van der Waals surface area contributed by atoms with Gasteiger partial charge in [-0.3, -0.25) is 0 Å². The van der Waals surface area contributed by atoms with Crippen molar-refractivity contribution in [3.8, 4) is 0 Å². The molecule has 0 amide bonds. The van der Waals surface area contributed by atoms with Crippen LogP contribution < -0.4 is 0 Å². The zero-order valence-electron chi connectivity index (χ0n) is 12.5. The van der Waals surface area contributed by atoms with E-state index in [1.54, 1.807) is 13.0 Å². The number of rotatable bonds is 3. The Morgan fingerprint density at radius 1 is 1.39 bits per heavy atom. The van der Waals surface area contributed by atoms with E-state index in [0.717, 1.165) is 24.2 Å². The summed E-state index contributed by atoms with van der Waals surface area (Å²) in [5.74, 6) is 3.25. The molecule has 0 aromatic carbocycles. The molecule has 0 aromatic heterocycles. The average Bonchev–Trinajstić information content (AvgIpc) is 2.64. The van der Waals surface area contributed by atoms with Crippen molar-refractivity contribution in [2.45, 2.75) is 66.2 Å². The van der Waals surface area contributed by atoms with E-state index in [4.69, 9.17) is 0 Å². The third-order valence-electron chi connectivity index (χ3n) is 6.00. The van der Waals surface area contributed by atoms with E-state index in [-0.39, 0.29) is 5.83 Å². The lowest BCUT2D eigenvalue weighted by molar-refractivity contribution is 0.0374. The van der Waals surface area contributed by atoms with Crippen LogP contribution in [-0.2, 0) is 0 Å². The molecule has 5 atom stereocenters. The Balaban J connectivity index is 2.08. The van der Waals surface area contributed by atoms with Gasteiger partial charge in [-0.2, -0.15) is 0 Å². The maximum Gasteiger partial charge on any atom is 0.0929 e. The second-order valence-corrected chi connectivity index (χ2v) is 7.17. The van der Waals surface area contributed by atoms with E-state index in [2.05, 4.69) is 20.8 Å². The van der Waals surface area contributed by atoms with E-state index in [0.29, 0.717) is 11.3 Å². The summed E-state index contributed by atoms with van der Waals surface area (Å²) < 4.78 is 12.9. The molecule has 104 valence electrons. The highest BCUT2D eigenvalue weighted by atomic mass is 19.1. The summed E-state index contributed by atoms with van der Waals surface area (Å²) in [7, 11) is 0. The predicted octanol–water partition coefficient (Wildman–Crippen LogP) is 5.74. The molecular weight excluding hydrogens is 223 g/mol. The molecule has 0 aliphatic heterocycles. The van der Waals surface area contributed by atoms with E-state index >= 15 is 0 Å². The van der Waals surface area contributed by atoms with Gasteiger partial charge in [0.2, 0.25) is 0 Å². The Hall–Kier alpha value is -0.330. The molecule has 2 aliphatic rings. The first-order valence-corrected chi connectivity index (χ1v) is 7.77. The van der Waals surface area contributed by atoms with Crippen LogP contribution in [0.3, 0.4) is 0 Å². The third-order valence-corrected chi connectivity index (χ3v) is 6.00. The summed E-state index contributed by atoms with van der Waals surface area (Å²) in [5.41, 5.74) is 0.537. The Labute approximate surface area is 112 Å². The van der Waals surface area contributed by atoms with Crippen molar-refractivity contribution in [3.63, 3.8) is 0 Å². The highest BCUT2D eigenvalue weighted by Crippen LogP contribution is 2.59. The zero-order chi connectivity index (χ0) is 13.3. The van der Waals surface area contributed by atoms with Gasteiger partial charge in [0.1, 0.15) is 0 Å². The Bertz CT molecular complexity index is 316. The van der Waals surface area contributed by atoms with Crippen LogP contribution in [0.1, 0.15) is 66.2 Å². The number of hydrogen-bond acceptors (Lipinski definition) is 0. The van der Waals surface area contributed by atoms with Crippen LogP contribution in [0.4, 0.5) is 4.39 Å². The fourth-order valence-electron chi connectivity index (χ4n) is 5.05. The highest BCUT2D eigenvalue weighted by molar-refractivity contribution is 5.02. The van der Waals surface area contributed by atoms with Crippen LogP contribution in [0, 0.1) is 29.1 Å². The first-order valence-electron chi connectivity index (χ1n) is 7.77. The van der Waals surface area contributed by atoms with Gasteiger partial charge in [-0.25, -0.2) is 4.39 Å². The van der Waals surface area contributed by atoms with Crippen LogP contribution in [0.15, 0.2) is 11.9 Å². The van der Waals surface area contributed by atoms with Gasteiger partial charge in [0.25, 0.3) is 0 Å². The maximum atomic E-state index is 12.9. The van der Waals surface area contributed by atoms with Gasteiger partial charge in [-0.1, -0.05) is 39.7 Å². The molecule has 2 aliphatic carbocycles. The van der Waals surface area contributed by atoms with Crippen molar-refractivity contribution in [1.82, 2.24) is 0 Å². The molecular formula is C17H29F. The number of fused-ring (bicyclic) bond motifs is 1. The van der Waals surface area contributed by atoms with E-state index in [9.17, 15) is 4.39 Å². The second-order valence-electron chi connectivity index (χ2n) is 7.17. The molecule has 0 heterocycles. The van der Waals surface area contributed by atoms with Gasteiger partial charge in [-0.15, -0.1) is 0 Å². The van der Waals surface area contributed by atoms with Crippen LogP contribution >= 0.6 is 0 Å². The normalized spacial score (nSPS) is 42.7. The molecule has 0 N–H and O–H groups in total. The molecule has 2 fully saturated rings. The van der Waals surface area contributed by atoms with Gasteiger partial charge in [0.15, 0.2) is 0 Å². The van der Waals surface area contributed by atoms with Crippen molar-refractivity contribution >= 4 is 0 Å². The van der Waals surface area contributed by atoms with Crippen LogP contribution in [0.25, 0.3) is 0 Å². The van der Waals surface area contributed by atoms with Gasteiger partial charge >= 0.3 is 0 Å². The first-order chi connectivity index (χ1) is 8.45. The second kappa shape index (κ2) is 5.35. The Morgan fingerprint density at radius 3 is 2.78 bits per heavy atom. The van der Waals surface area contributed by atoms with Crippen molar-refractivity contribution in [2.75, 3.05) is 0 Å². The monoisotopic (exact) mass is 252 g/mol. The fraction of sp³-hybridized carbons (Fsp3) is 0.882. The van der Waals surface area contributed by atoms with E-state index < -0.39 is 0 Å². The molecule has 2 saturated carbocycles. The maximum absolute atomic E-state index is 12.9. The molecule has 0 saturated heterocycles. The summed E-state index contributed by atoms with van der Waals surface area (Å²) >= 11 is 0. The van der Waals surface area contributed by atoms with Gasteiger partial charge in [0.05, 0.1) is 5.83 Å². The van der Waals surface area contributed by atoms with Gasteiger partial charge in [-0.05, 0) is 61.7 Å². The minimum absolute atomic E-state index is 0.0152. The fourth-order valence-corrected chi connectivity index (χ4v) is 5.05. The highest BCUT2D eigenvalue weighted by Gasteiger charge is 2.50. The van der Waals surface area contributed by atoms with Crippen LogP contribution in [0.2, 0.25) is 0 Å². The van der Waals surface area contributed by atoms with E-state index in [1.807, 2.05) is 0 Å². The van der Waals surface area contributed by atoms with Crippen LogP contribution in [0.5, 0.6) is 0 Å². The number of halogens is 1. The summed E-state index contributed by atoms with van der Waals surface area (Å²) in [6, 6.07) is 0. The lowest BCUT2D eigenvalue weighted by Crippen LogP contribution is -2.38. The topological polar surface area (TPSA) is 0 Å². The molecule has 0 spiro atoms. The molecule has 2 rings (SSSR count). The van der Waals surface area contributed by atoms with Gasteiger partial charge < -0.3 is 0 Å². The third kappa shape index (κ3) is 2.51. The minimum Gasteiger partial charge on any atom is -0.212 e. The molecule has 1 unspecified atom stereocenters. The Kier molecular flexibility index (Phi) is 4.18. The lowest BCUT2D eigenvalue weighted by Gasteiger charge is -2.46. The molecule has 18 heavy (non-hydrogen) atoms. The summed E-state index contributed by atoms with van der Waals surface area (Å²) in [6.07, 6.45) is 9.70. The van der Waals surface area contributed by atoms with Crippen molar-refractivity contribution in [1.29, 1.82) is 0 Å². The largest absolute Gasteiger partial charge is 0.212 e. The molecule has 0 nitrogen and oxygen atoms in total. The van der Waals surface area contributed by atoms with Crippen molar-refractivity contribution < 1.29 is 4.39 Å². The average molecular weight is 252 g/mol. The first kappa shape index (κ1) is 14.1. The molecule has 0 aromatic rings. The molecule has 0 radical (unpaired) electrons. The predicted molar refractivity (Wildman–Crippen MR) is 76.0 cm³/mol. The quantitative estimate of drug-likeness (QED) is 0.601. The molecule has 1 heteroatoms. The SMILES string of the molecule is CC(F)=CC[C@@H](C)C1CC[C@H]2[C@@H](C)CCC[C@]12C. The number of allylic oxidation sites excluding steroid dienone is 2. The summed E-state index contributed by atoms with van der Waals surface area (Å²) in [4.78, 5) is 0. The smallest absolute Gasteiger partial charge is 0.0929 e. The standard InChI is InChI=1S/C17H29F/c1-12-6-5-11-17(4)15(12)9-10-16(17)13(2)7-8-14(3)18/h8,12-13,15-16H,5-7,9-11H2,1-4H3/t12-,13+,15-,16?,17-/m0/s1.